The van der Waals surface area contributed by atoms with Gasteiger partial charge in [-0.25, -0.2) is 0 Å². The maximum absolute atomic E-state index is 9.42. The molecule has 2 aromatic rings. The SMILES string of the molecule is COC(c1noc(-c2cccc(O)c2)n1)C1CC1. The number of aromatic hydroxyl groups is 1. The van der Waals surface area contributed by atoms with Crippen LogP contribution < -0.4 is 0 Å². The third-order valence-electron chi connectivity index (χ3n) is 3.09. The number of nitrogens with zero attached hydrogens (tertiary/aromatic N) is 2. The number of hydrogen-bond donors (Lipinski definition) is 1. The maximum atomic E-state index is 9.42. The standard InChI is InChI=1S/C13H14N2O3/c1-17-11(8-5-6-8)12-14-13(18-15-12)9-3-2-4-10(16)7-9/h2-4,7-8,11,16H,5-6H2,1H3. The lowest BCUT2D eigenvalue weighted by Crippen LogP contribution is -2.05. The number of benzene rings is 1. The lowest BCUT2D eigenvalue weighted by Gasteiger charge is -2.08. The van der Waals surface area contributed by atoms with Gasteiger partial charge in [-0.15, -0.1) is 0 Å². The van der Waals surface area contributed by atoms with Crippen molar-refractivity contribution >= 4 is 0 Å². The Bertz CT molecular complexity index is 549. The third kappa shape index (κ3) is 2.09. The van der Waals surface area contributed by atoms with E-state index in [0.717, 1.165) is 12.8 Å². The molecule has 1 aliphatic rings. The second-order valence-corrected chi connectivity index (χ2v) is 4.50. The van der Waals surface area contributed by atoms with Gasteiger partial charge in [0.2, 0.25) is 5.82 Å². The Morgan fingerprint density at radius 3 is 2.94 bits per heavy atom. The van der Waals surface area contributed by atoms with E-state index in [1.807, 2.05) is 6.07 Å². The lowest BCUT2D eigenvalue weighted by atomic mass is 10.2. The van der Waals surface area contributed by atoms with Gasteiger partial charge in [0.25, 0.3) is 5.89 Å². The van der Waals surface area contributed by atoms with E-state index in [-0.39, 0.29) is 11.9 Å². The minimum absolute atomic E-state index is 0.0835. The molecule has 1 unspecified atom stereocenters. The van der Waals surface area contributed by atoms with Crippen LogP contribution in [0, 0.1) is 5.92 Å². The molecule has 3 rings (SSSR count). The first-order valence-electron chi connectivity index (χ1n) is 5.93. The van der Waals surface area contributed by atoms with Crippen LogP contribution in [0.25, 0.3) is 11.5 Å². The first kappa shape index (κ1) is 11.2. The molecular formula is C13H14N2O3. The van der Waals surface area contributed by atoms with Crippen LogP contribution in [-0.4, -0.2) is 22.4 Å². The molecule has 5 heteroatoms. The van der Waals surface area contributed by atoms with Crippen molar-refractivity contribution < 1.29 is 14.4 Å². The predicted octanol–water partition coefficient (Wildman–Crippen LogP) is 2.54. The number of phenols is 1. The van der Waals surface area contributed by atoms with Crippen LogP contribution >= 0.6 is 0 Å². The molecule has 18 heavy (non-hydrogen) atoms. The zero-order valence-corrected chi connectivity index (χ0v) is 10.0. The third-order valence-corrected chi connectivity index (χ3v) is 3.09. The molecule has 1 fully saturated rings. The zero-order valence-electron chi connectivity index (χ0n) is 10.0. The molecule has 1 N–H and O–H groups in total. The van der Waals surface area contributed by atoms with Crippen molar-refractivity contribution in [3.05, 3.63) is 30.1 Å². The summed E-state index contributed by atoms with van der Waals surface area (Å²) in [5.41, 5.74) is 0.708. The number of aromatic nitrogens is 2. The van der Waals surface area contributed by atoms with Crippen LogP contribution in [-0.2, 0) is 4.74 Å². The lowest BCUT2D eigenvalue weighted by molar-refractivity contribution is 0.0751. The number of methoxy groups -OCH3 is 1. The first-order valence-corrected chi connectivity index (χ1v) is 5.93. The van der Waals surface area contributed by atoms with E-state index < -0.39 is 0 Å². The highest BCUT2D eigenvalue weighted by Gasteiger charge is 2.35. The van der Waals surface area contributed by atoms with Gasteiger partial charge in [-0.2, -0.15) is 4.98 Å². The summed E-state index contributed by atoms with van der Waals surface area (Å²) < 4.78 is 10.6. The predicted molar refractivity (Wildman–Crippen MR) is 63.9 cm³/mol. The number of ether oxygens (including phenoxy) is 1. The Kier molecular flexibility index (Phi) is 2.76. The average Bonchev–Trinajstić information content (AvgIpc) is 3.07. The summed E-state index contributed by atoms with van der Waals surface area (Å²) >= 11 is 0. The second-order valence-electron chi connectivity index (χ2n) is 4.50. The topological polar surface area (TPSA) is 68.4 Å². The van der Waals surface area contributed by atoms with Gasteiger partial charge in [-0.3, -0.25) is 0 Å². The molecule has 0 saturated heterocycles. The molecule has 1 saturated carbocycles. The van der Waals surface area contributed by atoms with Crippen molar-refractivity contribution in [3.8, 4) is 17.2 Å². The molecule has 0 radical (unpaired) electrons. The monoisotopic (exact) mass is 246 g/mol. The molecule has 5 nitrogen and oxygen atoms in total. The fraction of sp³-hybridized carbons (Fsp3) is 0.385. The van der Waals surface area contributed by atoms with Gasteiger partial charge >= 0.3 is 0 Å². The van der Waals surface area contributed by atoms with E-state index in [1.54, 1.807) is 25.3 Å². The van der Waals surface area contributed by atoms with E-state index >= 15 is 0 Å². The highest BCUT2D eigenvalue weighted by molar-refractivity contribution is 5.55. The normalized spacial score (nSPS) is 16.7. The van der Waals surface area contributed by atoms with E-state index in [4.69, 9.17) is 9.26 Å². The molecule has 1 aromatic carbocycles. The van der Waals surface area contributed by atoms with Crippen molar-refractivity contribution in [1.29, 1.82) is 0 Å². The Labute approximate surface area is 104 Å². The number of phenolic OH excluding ortho intramolecular Hbond substituents is 1. The summed E-state index contributed by atoms with van der Waals surface area (Å²) in [7, 11) is 1.66. The van der Waals surface area contributed by atoms with Crippen LogP contribution in [0.4, 0.5) is 0 Å². The van der Waals surface area contributed by atoms with Crippen LogP contribution in [0.5, 0.6) is 5.75 Å². The zero-order chi connectivity index (χ0) is 12.5. The summed E-state index contributed by atoms with van der Waals surface area (Å²) in [6, 6.07) is 6.75. The molecule has 1 aromatic heterocycles. The van der Waals surface area contributed by atoms with Crippen LogP contribution in [0.15, 0.2) is 28.8 Å². The van der Waals surface area contributed by atoms with Crippen molar-refractivity contribution in [1.82, 2.24) is 10.1 Å². The van der Waals surface area contributed by atoms with Gasteiger partial charge in [0.15, 0.2) is 0 Å². The molecule has 1 heterocycles. The smallest absolute Gasteiger partial charge is 0.258 e. The minimum Gasteiger partial charge on any atom is -0.508 e. The summed E-state index contributed by atoms with van der Waals surface area (Å²) in [6.07, 6.45) is 2.21. The van der Waals surface area contributed by atoms with E-state index in [0.29, 0.717) is 23.2 Å². The van der Waals surface area contributed by atoms with Crippen molar-refractivity contribution in [2.75, 3.05) is 7.11 Å². The van der Waals surface area contributed by atoms with Gasteiger partial charge in [0.05, 0.1) is 0 Å². The highest BCUT2D eigenvalue weighted by Crippen LogP contribution is 2.42. The Balaban J connectivity index is 1.88. The first-order chi connectivity index (χ1) is 8.78. The Morgan fingerprint density at radius 2 is 2.28 bits per heavy atom. The Hall–Kier alpha value is -1.88. The molecule has 1 atom stereocenters. The molecule has 1 aliphatic carbocycles. The highest BCUT2D eigenvalue weighted by atomic mass is 16.5. The van der Waals surface area contributed by atoms with E-state index in [9.17, 15) is 5.11 Å². The molecule has 94 valence electrons. The summed E-state index contributed by atoms with van der Waals surface area (Å²) in [6.45, 7) is 0. The van der Waals surface area contributed by atoms with Crippen molar-refractivity contribution in [2.45, 2.75) is 18.9 Å². The van der Waals surface area contributed by atoms with Gasteiger partial charge in [0, 0.05) is 12.7 Å². The number of rotatable bonds is 4. The fourth-order valence-corrected chi connectivity index (χ4v) is 2.01. The Morgan fingerprint density at radius 1 is 1.44 bits per heavy atom. The van der Waals surface area contributed by atoms with Gasteiger partial charge in [-0.1, -0.05) is 11.2 Å². The van der Waals surface area contributed by atoms with Gasteiger partial charge in [0.1, 0.15) is 11.9 Å². The van der Waals surface area contributed by atoms with Crippen LogP contribution in [0.3, 0.4) is 0 Å². The van der Waals surface area contributed by atoms with Gasteiger partial charge in [-0.05, 0) is 37.0 Å². The molecular weight excluding hydrogens is 232 g/mol. The van der Waals surface area contributed by atoms with E-state index in [1.165, 1.54) is 0 Å². The molecule has 0 bridgehead atoms. The maximum Gasteiger partial charge on any atom is 0.258 e. The van der Waals surface area contributed by atoms with Crippen molar-refractivity contribution in [2.24, 2.45) is 5.92 Å². The van der Waals surface area contributed by atoms with Crippen LogP contribution in [0.1, 0.15) is 24.8 Å². The summed E-state index contributed by atoms with van der Waals surface area (Å²) in [5.74, 6) is 1.67. The summed E-state index contributed by atoms with van der Waals surface area (Å²) in [5, 5.41) is 13.4. The molecule has 0 amide bonds. The fourth-order valence-electron chi connectivity index (χ4n) is 2.01. The van der Waals surface area contributed by atoms with Crippen LogP contribution in [0.2, 0.25) is 0 Å². The van der Waals surface area contributed by atoms with Crippen molar-refractivity contribution in [3.63, 3.8) is 0 Å². The quantitative estimate of drug-likeness (QED) is 0.897. The largest absolute Gasteiger partial charge is 0.508 e. The second kappa shape index (κ2) is 4.42. The minimum atomic E-state index is -0.0835. The molecule has 0 aliphatic heterocycles. The summed E-state index contributed by atoms with van der Waals surface area (Å²) in [4.78, 5) is 4.34. The number of hydrogen-bond acceptors (Lipinski definition) is 5. The van der Waals surface area contributed by atoms with E-state index in [2.05, 4.69) is 10.1 Å². The molecule has 0 spiro atoms. The average molecular weight is 246 g/mol. The van der Waals surface area contributed by atoms with Gasteiger partial charge < -0.3 is 14.4 Å².